The van der Waals surface area contributed by atoms with Crippen LogP contribution >= 0.6 is 11.6 Å². The summed E-state index contributed by atoms with van der Waals surface area (Å²) >= 11 is 6.05. The van der Waals surface area contributed by atoms with Gasteiger partial charge in [0.1, 0.15) is 0 Å². The molecule has 1 rings (SSSR count). The van der Waals surface area contributed by atoms with Crippen LogP contribution in [0.15, 0.2) is 18.2 Å². The van der Waals surface area contributed by atoms with Gasteiger partial charge in [0.05, 0.1) is 23.9 Å². The number of nitrogens with zero attached hydrogens (tertiary/aromatic N) is 1. The second-order valence-electron chi connectivity index (χ2n) is 5.34. The fourth-order valence-corrected chi connectivity index (χ4v) is 2.06. The number of amides is 2. The molecule has 112 valence electrons. The fourth-order valence-electron chi connectivity index (χ4n) is 1.79. The molecule has 0 aliphatic rings. The van der Waals surface area contributed by atoms with Crippen molar-refractivity contribution in [3.05, 3.63) is 28.8 Å². The summed E-state index contributed by atoms with van der Waals surface area (Å²) in [6.07, 6.45) is 0. The summed E-state index contributed by atoms with van der Waals surface area (Å²) in [5.41, 5.74) is 0.703. The monoisotopic (exact) mass is 300 g/mol. The second-order valence-corrected chi connectivity index (χ2v) is 5.75. The Bertz CT molecular complexity index is 455. The van der Waals surface area contributed by atoms with Crippen LogP contribution in [0.25, 0.3) is 0 Å². The van der Waals surface area contributed by atoms with E-state index in [9.17, 15) is 15.0 Å². The molecule has 0 fully saturated rings. The topological polar surface area (TPSA) is 72.8 Å². The molecule has 0 bridgehead atoms. The number of para-hydroxylation sites is 1. The quantitative estimate of drug-likeness (QED) is 0.780. The molecule has 3 N–H and O–H groups in total. The molecule has 0 saturated carbocycles. The predicted molar refractivity (Wildman–Crippen MR) is 80.1 cm³/mol. The summed E-state index contributed by atoms with van der Waals surface area (Å²) in [5.74, 6) is 0. The zero-order valence-electron chi connectivity index (χ0n) is 12.0. The van der Waals surface area contributed by atoms with Crippen LogP contribution in [0.3, 0.4) is 0 Å². The normalized spacial score (nSPS) is 11.3. The third-order valence-electron chi connectivity index (χ3n) is 3.18. The lowest BCUT2D eigenvalue weighted by atomic mass is 9.92. The Hall–Kier alpha value is -1.30. The Morgan fingerprint density at radius 1 is 1.40 bits per heavy atom. The number of nitrogens with one attached hydrogen (secondary N) is 1. The minimum absolute atomic E-state index is 0.202. The molecule has 0 saturated heterocycles. The van der Waals surface area contributed by atoms with Crippen LogP contribution in [0.4, 0.5) is 10.5 Å². The third kappa shape index (κ3) is 4.10. The molecule has 0 atom stereocenters. The van der Waals surface area contributed by atoms with Crippen molar-refractivity contribution in [1.29, 1.82) is 0 Å². The lowest BCUT2D eigenvalue weighted by Gasteiger charge is -2.30. The van der Waals surface area contributed by atoms with E-state index in [4.69, 9.17) is 11.6 Å². The summed E-state index contributed by atoms with van der Waals surface area (Å²) in [4.78, 5) is 13.5. The minimum atomic E-state index is -0.735. The number of halogens is 1. The highest BCUT2D eigenvalue weighted by molar-refractivity contribution is 6.33. The van der Waals surface area contributed by atoms with Crippen molar-refractivity contribution < 1.29 is 15.0 Å². The van der Waals surface area contributed by atoms with Crippen LogP contribution in [-0.2, 0) is 0 Å². The van der Waals surface area contributed by atoms with Crippen LogP contribution in [0.5, 0.6) is 0 Å². The molecule has 0 aliphatic carbocycles. The van der Waals surface area contributed by atoms with Crippen LogP contribution in [0.1, 0.15) is 12.5 Å². The number of rotatable bonds is 5. The standard InChI is InChI=1S/C14H21ClN2O3/c1-10-5-4-6-11(15)12(10)16-13(20)17(3)7-14(2,8-18)9-19/h4-6,18-19H,7-9H2,1-3H3,(H,16,20). The number of benzene rings is 1. The molecule has 0 unspecified atom stereocenters. The van der Waals surface area contributed by atoms with E-state index >= 15 is 0 Å². The molecule has 2 amide bonds. The number of carbonyl (C=O) groups is 1. The summed E-state index contributed by atoms with van der Waals surface area (Å²) in [5, 5.41) is 21.7. The van der Waals surface area contributed by atoms with E-state index in [1.165, 1.54) is 4.90 Å². The van der Waals surface area contributed by atoms with Gasteiger partial charge in [-0.05, 0) is 18.6 Å². The van der Waals surface area contributed by atoms with E-state index in [0.717, 1.165) is 5.56 Å². The molecule has 5 nitrogen and oxygen atoms in total. The first kappa shape index (κ1) is 16.8. The molecule has 0 spiro atoms. The van der Waals surface area contributed by atoms with E-state index in [-0.39, 0.29) is 25.8 Å². The van der Waals surface area contributed by atoms with E-state index in [1.807, 2.05) is 19.1 Å². The van der Waals surface area contributed by atoms with Crippen LogP contribution in [0, 0.1) is 12.3 Å². The molecular formula is C14H21ClN2O3. The molecule has 0 aromatic heterocycles. The number of anilines is 1. The predicted octanol–water partition coefficient (Wildman–Crippen LogP) is 2.10. The molecule has 0 aliphatic heterocycles. The highest BCUT2D eigenvalue weighted by Gasteiger charge is 2.26. The van der Waals surface area contributed by atoms with Gasteiger partial charge in [0.2, 0.25) is 0 Å². The maximum atomic E-state index is 12.1. The molecule has 0 radical (unpaired) electrons. The number of aryl methyl sites for hydroxylation is 1. The molecule has 0 heterocycles. The largest absolute Gasteiger partial charge is 0.396 e. The average Bonchev–Trinajstić information content (AvgIpc) is 2.42. The maximum absolute atomic E-state index is 12.1. The van der Waals surface area contributed by atoms with Crippen molar-refractivity contribution in [2.45, 2.75) is 13.8 Å². The van der Waals surface area contributed by atoms with E-state index in [1.54, 1.807) is 20.0 Å². The van der Waals surface area contributed by atoms with Gasteiger partial charge in [-0.1, -0.05) is 30.7 Å². The number of hydrogen-bond donors (Lipinski definition) is 3. The molecule has 6 heteroatoms. The average molecular weight is 301 g/mol. The number of aliphatic hydroxyl groups excluding tert-OH is 2. The number of aliphatic hydroxyl groups is 2. The highest BCUT2D eigenvalue weighted by Crippen LogP contribution is 2.25. The SMILES string of the molecule is Cc1cccc(Cl)c1NC(=O)N(C)CC(C)(CO)CO. The fraction of sp³-hybridized carbons (Fsp3) is 0.500. The zero-order valence-corrected chi connectivity index (χ0v) is 12.7. The summed E-state index contributed by atoms with van der Waals surface area (Å²) in [6, 6.07) is 5.03. The molecule has 1 aromatic carbocycles. The Labute approximate surface area is 124 Å². The third-order valence-corrected chi connectivity index (χ3v) is 3.50. The molecule has 20 heavy (non-hydrogen) atoms. The van der Waals surface area contributed by atoms with Gasteiger partial charge in [0, 0.05) is 19.0 Å². The van der Waals surface area contributed by atoms with Gasteiger partial charge in [0.15, 0.2) is 0 Å². The second kappa shape index (κ2) is 6.92. The first-order valence-electron chi connectivity index (χ1n) is 6.32. The van der Waals surface area contributed by atoms with Crippen molar-refractivity contribution in [2.24, 2.45) is 5.41 Å². The summed E-state index contributed by atoms with van der Waals surface area (Å²) in [6.45, 7) is 3.39. The van der Waals surface area contributed by atoms with E-state index in [2.05, 4.69) is 5.32 Å². The van der Waals surface area contributed by atoms with Gasteiger partial charge < -0.3 is 20.4 Å². The summed E-state index contributed by atoms with van der Waals surface area (Å²) < 4.78 is 0. The first-order chi connectivity index (χ1) is 9.33. The minimum Gasteiger partial charge on any atom is -0.396 e. The lowest BCUT2D eigenvalue weighted by molar-refractivity contribution is 0.0509. The maximum Gasteiger partial charge on any atom is 0.321 e. The smallest absolute Gasteiger partial charge is 0.321 e. The van der Waals surface area contributed by atoms with Crippen LogP contribution in [-0.4, -0.2) is 48.0 Å². The van der Waals surface area contributed by atoms with Gasteiger partial charge in [-0.25, -0.2) is 4.79 Å². The number of urea groups is 1. The highest BCUT2D eigenvalue weighted by atomic mass is 35.5. The van der Waals surface area contributed by atoms with Crippen LogP contribution in [0.2, 0.25) is 5.02 Å². The number of carbonyl (C=O) groups excluding carboxylic acids is 1. The summed E-state index contributed by atoms with van der Waals surface area (Å²) in [7, 11) is 1.60. The van der Waals surface area contributed by atoms with Gasteiger partial charge in [-0.3, -0.25) is 0 Å². The van der Waals surface area contributed by atoms with Crippen molar-refractivity contribution in [1.82, 2.24) is 4.90 Å². The van der Waals surface area contributed by atoms with Crippen molar-refractivity contribution in [2.75, 3.05) is 32.1 Å². The van der Waals surface area contributed by atoms with E-state index in [0.29, 0.717) is 10.7 Å². The van der Waals surface area contributed by atoms with E-state index < -0.39 is 5.41 Å². The molecule has 1 aromatic rings. The lowest BCUT2D eigenvalue weighted by Crippen LogP contribution is -2.43. The van der Waals surface area contributed by atoms with Crippen LogP contribution < -0.4 is 5.32 Å². The van der Waals surface area contributed by atoms with Gasteiger partial charge in [0.25, 0.3) is 0 Å². The van der Waals surface area contributed by atoms with Crippen molar-refractivity contribution >= 4 is 23.3 Å². The van der Waals surface area contributed by atoms with Gasteiger partial charge in [-0.2, -0.15) is 0 Å². The first-order valence-corrected chi connectivity index (χ1v) is 6.70. The Balaban J connectivity index is 2.76. The zero-order chi connectivity index (χ0) is 15.3. The van der Waals surface area contributed by atoms with Gasteiger partial charge in [-0.15, -0.1) is 0 Å². The van der Waals surface area contributed by atoms with Gasteiger partial charge >= 0.3 is 6.03 Å². The molecular weight excluding hydrogens is 280 g/mol. The Morgan fingerprint density at radius 2 is 2.00 bits per heavy atom. The Kier molecular flexibility index (Phi) is 5.80. The number of hydrogen-bond acceptors (Lipinski definition) is 3. The Morgan fingerprint density at radius 3 is 2.50 bits per heavy atom. The van der Waals surface area contributed by atoms with Crippen molar-refractivity contribution in [3.8, 4) is 0 Å². The van der Waals surface area contributed by atoms with Crippen molar-refractivity contribution in [3.63, 3.8) is 0 Å².